The first-order chi connectivity index (χ1) is 10.7. The van der Waals surface area contributed by atoms with Gasteiger partial charge in [0.15, 0.2) is 0 Å². The lowest BCUT2D eigenvalue weighted by molar-refractivity contribution is -0.143. The Balaban J connectivity index is 3.23. The van der Waals surface area contributed by atoms with Gasteiger partial charge in [0.25, 0.3) is 5.91 Å². The average molecular weight is 356 g/mol. The maximum atomic E-state index is 12.7. The number of benzene rings is 1. The molecule has 0 aliphatic rings. The molecule has 3 N–H and O–H groups in total. The van der Waals surface area contributed by atoms with Crippen LogP contribution in [0.3, 0.4) is 0 Å². The van der Waals surface area contributed by atoms with E-state index in [9.17, 15) is 35.9 Å². The van der Waals surface area contributed by atoms with Crippen LogP contribution in [0.1, 0.15) is 35.3 Å². The Labute approximate surface area is 133 Å². The summed E-state index contributed by atoms with van der Waals surface area (Å²) in [6, 6.07) is -0.330. The first-order valence-electron chi connectivity index (χ1n) is 6.63. The van der Waals surface area contributed by atoms with Gasteiger partial charge in [0.05, 0.1) is 17.0 Å². The van der Waals surface area contributed by atoms with Gasteiger partial charge in [0.1, 0.15) is 0 Å². The Morgan fingerprint density at radius 1 is 0.958 bits per heavy atom. The Morgan fingerprint density at radius 3 is 1.71 bits per heavy atom. The fourth-order valence-corrected chi connectivity index (χ4v) is 1.75. The fourth-order valence-electron chi connectivity index (χ4n) is 1.75. The van der Waals surface area contributed by atoms with E-state index in [2.05, 4.69) is 5.32 Å². The number of hydrogen-bond acceptors (Lipinski definition) is 2. The molecule has 24 heavy (non-hydrogen) atoms. The highest BCUT2D eigenvalue weighted by atomic mass is 19.4. The Kier molecular flexibility index (Phi) is 5.52. The van der Waals surface area contributed by atoms with E-state index >= 15 is 0 Å². The van der Waals surface area contributed by atoms with Gasteiger partial charge >= 0.3 is 12.4 Å². The summed E-state index contributed by atoms with van der Waals surface area (Å²) in [5.74, 6) is -2.81. The van der Waals surface area contributed by atoms with E-state index < -0.39 is 52.8 Å². The number of primary amides is 1. The van der Waals surface area contributed by atoms with E-state index in [1.807, 2.05) is 0 Å². The third-order valence-corrected chi connectivity index (χ3v) is 3.41. The van der Waals surface area contributed by atoms with E-state index in [0.29, 0.717) is 12.1 Å². The van der Waals surface area contributed by atoms with Crippen LogP contribution >= 0.6 is 0 Å². The SMILES string of the molecule is CC(NC(=O)c1cc(C(F)(F)F)cc(C(F)(F)F)c1)C(C)C(N)=O. The molecule has 134 valence electrons. The molecule has 1 aromatic rings. The standard InChI is InChI=1S/C14H14F6N2O2/c1-6(11(21)23)7(2)22-12(24)8-3-9(13(15,16)17)5-10(4-8)14(18,19)20/h3-7H,1-2H3,(H2,21,23)(H,22,24). The maximum absolute atomic E-state index is 12.7. The van der Waals surface area contributed by atoms with Gasteiger partial charge in [0, 0.05) is 11.6 Å². The second kappa shape index (κ2) is 6.70. The van der Waals surface area contributed by atoms with Gasteiger partial charge in [-0.1, -0.05) is 6.92 Å². The van der Waals surface area contributed by atoms with Crippen molar-refractivity contribution in [2.24, 2.45) is 11.7 Å². The van der Waals surface area contributed by atoms with Gasteiger partial charge in [0.2, 0.25) is 5.91 Å². The molecule has 1 aromatic carbocycles. The highest BCUT2D eigenvalue weighted by Gasteiger charge is 2.37. The third kappa shape index (κ3) is 4.87. The molecule has 0 aliphatic heterocycles. The highest BCUT2D eigenvalue weighted by Crippen LogP contribution is 2.36. The monoisotopic (exact) mass is 356 g/mol. The predicted molar refractivity (Wildman–Crippen MR) is 71.7 cm³/mol. The lowest BCUT2D eigenvalue weighted by Gasteiger charge is -2.19. The van der Waals surface area contributed by atoms with Crippen LogP contribution in [0.5, 0.6) is 0 Å². The molecular weight excluding hydrogens is 342 g/mol. The number of amides is 2. The minimum atomic E-state index is -5.05. The van der Waals surface area contributed by atoms with Crippen molar-refractivity contribution >= 4 is 11.8 Å². The Bertz CT molecular complexity index is 607. The van der Waals surface area contributed by atoms with Crippen molar-refractivity contribution in [2.45, 2.75) is 32.2 Å². The normalized spacial score (nSPS) is 14.8. The predicted octanol–water partition coefficient (Wildman–Crippen LogP) is 2.96. The van der Waals surface area contributed by atoms with Crippen LogP contribution in [0, 0.1) is 5.92 Å². The van der Waals surface area contributed by atoms with Crippen LogP contribution in [0.15, 0.2) is 18.2 Å². The molecule has 0 aromatic heterocycles. The molecule has 2 atom stereocenters. The molecule has 2 unspecified atom stereocenters. The molecular formula is C14H14F6N2O2. The zero-order valence-corrected chi connectivity index (χ0v) is 12.5. The van der Waals surface area contributed by atoms with E-state index in [-0.39, 0.29) is 6.07 Å². The van der Waals surface area contributed by atoms with Gasteiger partial charge < -0.3 is 11.1 Å². The van der Waals surface area contributed by atoms with Crippen LogP contribution < -0.4 is 11.1 Å². The quantitative estimate of drug-likeness (QED) is 0.814. The topological polar surface area (TPSA) is 72.2 Å². The number of rotatable bonds is 4. The molecule has 0 bridgehead atoms. The largest absolute Gasteiger partial charge is 0.416 e. The second-order valence-electron chi connectivity index (χ2n) is 5.25. The Morgan fingerprint density at radius 2 is 1.38 bits per heavy atom. The summed E-state index contributed by atoms with van der Waals surface area (Å²) in [5.41, 5.74) is 1.01. The summed E-state index contributed by atoms with van der Waals surface area (Å²) in [7, 11) is 0. The molecule has 10 heteroatoms. The smallest absolute Gasteiger partial charge is 0.369 e. The van der Waals surface area contributed by atoms with E-state index in [0.717, 1.165) is 0 Å². The summed E-state index contributed by atoms with van der Waals surface area (Å²) in [5, 5.41) is 2.16. The number of alkyl halides is 6. The highest BCUT2D eigenvalue weighted by molar-refractivity contribution is 5.95. The van der Waals surface area contributed by atoms with Crippen molar-refractivity contribution in [1.29, 1.82) is 0 Å². The van der Waals surface area contributed by atoms with E-state index in [1.54, 1.807) is 0 Å². The third-order valence-electron chi connectivity index (χ3n) is 3.41. The number of carbonyl (C=O) groups is 2. The molecule has 0 heterocycles. The first kappa shape index (κ1) is 19.8. The average Bonchev–Trinajstić information content (AvgIpc) is 2.43. The number of carbonyl (C=O) groups excluding carboxylic acids is 2. The van der Waals surface area contributed by atoms with Crippen LogP contribution in [0.4, 0.5) is 26.3 Å². The summed E-state index contributed by atoms with van der Waals surface area (Å²) in [4.78, 5) is 22.9. The van der Waals surface area contributed by atoms with Crippen LogP contribution in [0.2, 0.25) is 0 Å². The van der Waals surface area contributed by atoms with Gasteiger partial charge in [-0.05, 0) is 25.1 Å². The number of nitrogens with two attached hydrogens (primary N) is 1. The molecule has 0 spiro atoms. The van der Waals surface area contributed by atoms with Crippen molar-refractivity contribution < 1.29 is 35.9 Å². The Hall–Kier alpha value is -2.26. The first-order valence-corrected chi connectivity index (χ1v) is 6.63. The lowest BCUT2D eigenvalue weighted by Crippen LogP contribution is -2.42. The fraction of sp³-hybridized carbons (Fsp3) is 0.429. The van der Waals surface area contributed by atoms with Gasteiger partial charge in [-0.3, -0.25) is 9.59 Å². The number of hydrogen-bond donors (Lipinski definition) is 2. The molecule has 0 saturated heterocycles. The summed E-state index contributed by atoms with van der Waals surface area (Å²) in [6.07, 6.45) is -10.1. The molecule has 0 saturated carbocycles. The van der Waals surface area contributed by atoms with E-state index in [1.165, 1.54) is 13.8 Å². The molecule has 0 aliphatic carbocycles. The number of halogens is 6. The van der Waals surface area contributed by atoms with Gasteiger partial charge in [-0.2, -0.15) is 26.3 Å². The van der Waals surface area contributed by atoms with Gasteiger partial charge in [-0.25, -0.2) is 0 Å². The summed E-state index contributed by atoms with van der Waals surface area (Å²) < 4.78 is 76.4. The number of nitrogens with one attached hydrogen (secondary N) is 1. The van der Waals surface area contributed by atoms with Crippen molar-refractivity contribution in [2.75, 3.05) is 0 Å². The second-order valence-corrected chi connectivity index (χ2v) is 5.25. The molecule has 1 rings (SSSR count). The minimum Gasteiger partial charge on any atom is -0.369 e. The molecule has 0 radical (unpaired) electrons. The van der Waals surface area contributed by atoms with Crippen molar-refractivity contribution in [1.82, 2.24) is 5.32 Å². The maximum Gasteiger partial charge on any atom is 0.416 e. The van der Waals surface area contributed by atoms with Crippen molar-refractivity contribution in [3.05, 3.63) is 34.9 Å². The van der Waals surface area contributed by atoms with E-state index in [4.69, 9.17) is 5.73 Å². The van der Waals surface area contributed by atoms with Crippen LogP contribution in [0.25, 0.3) is 0 Å². The zero-order valence-electron chi connectivity index (χ0n) is 12.5. The summed E-state index contributed by atoms with van der Waals surface area (Å²) in [6.45, 7) is 2.71. The minimum absolute atomic E-state index is 0.0771. The lowest BCUT2D eigenvalue weighted by atomic mass is 10.0. The summed E-state index contributed by atoms with van der Waals surface area (Å²) >= 11 is 0. The van der Waals surface area contributed by atoms with Crippen LogP contribution in [-0.2, 0) is 17.1 Å². The van der Waals surface area contributed by atoms with Crippen molar-refractivity contribution in [3.8, 4) is 0 Å². The molecule has 0 fully saturated rings. The van der Waals surface area contributed by atoms with Crippen molar-refractivity contribution in [3.63, 3.8) is 0 Å². The molecule has 4 nitrogen and oxygen atoms in total. The molecule has 2 amide bonds. The van der Waals surface area contributed by atoms with Crippen LogP contribution in [-0.4, -0.2) is 17.9 Å². The van der Waals surface area contributed by atoms with Gasteiger partial charge in [-0.15, -0.1) is 0 Å². The zero-order chi connectivity index (χ0) is 18.9.